The maximum Gasteiger partial charge on any atom is 0.325 e. The van der Waals surface area contributed by atoms with E-state index in [1.165, 1.54) is 33.5 Å². The van der Waals surface area contributed by atoms with Gasteiger partial charge in [-0.15, -0.1) is 0 Å². The predicted molar refractivity (Wildman–Crippen MR) is 169 cm³/mol. The van der Waals surface area contributed by atoms with Crippen molar-refractivity contribution >= 4 is 46.0 Å². The van der Waals surface area contributed by atoms with E-state index in [0.717, 1.165) is 30.6 Å². The van der Waals surface area contributed by atoms with Crippen LogP contribution in [0.5, 0.6) is 11.8 Å². The van der Waals surface area contributed by atoms with E-state index < -0.39 is 11.7 Å². The van der Waals surface area contributed by atoms with Crippen molar-refractivity contribution in [1.29, 1.82) is 0 Å². The number of aryl methyl sites for hydroxylation is 1. The molecule has 0 unspecified atom stereocenters. The third-order valence-corrected chi connectivity index (χ3v) is 9.24. The normalized spacial score (nSPS) is 16.6. The van der Waals surface area contributed by atoms with Gasteiger partial charge in [-0.2, -0.15) is 15.1 Å². The van der Waals surface area contributed by atoms with E-state index in [4.69, 9.17) is 26.3 Å². The van der Waals surface area contributed by atoms with Crippen molar-refractivity contribution in [2.75, 3.05) is 56.1 Å². The summed E-state index contributed by atoms with van der Waals surface area (Å²) in [6, 6.07) is 7.35. The number of rotatable bonds is 5. The van der Waals surface area contributed by atoms with Crippen LogP contribution in [0.1, 0.15) is 27.0 Å². The quantitative estimate of drug-likeness (QED) is 0.306. The maximum absolute atomic E-state index is 15.0. The van der Waals surface area contributed by atoms with Gasteiger partial charge >= 0.3 is 6.01 Å². The van der Waals surface area contributed by atoms with E-state index in [1.54, 1.807) is 11.9 Å². The summed E-state index contributed by atoms with van der Waals surface area (Å²) >= 11 is 6.43. The molecule has 4 aromatic rings. The summed E-state index contributed by atoms with van der Waals surface area (Å²) in [7, 11) is 3.77. The zero-order valence-electron chi connectivity index (χ0n) is 25.1. The number of anilines is 2. The Balaban J connectivity index is 1.30. The highest BCUT2D eigenvalue weighted by atomic mass is 35.5. The molecule has 232 valence electrons. The number of amides is 2. The standard InChI is InChI=1S/C32H32ClFN8O3/c1-4-26(43)40-12-14-41(15-13-40)29-21-9-11-42(31(44)27-22-17-35-39(3)24(22)16-23(34)28(27)33)30(21)37-32(36-29)45-25-7-5-6-19-18-38(2)10-8-20(19)25/h4-7,16-17H,1,8-15,18H2,2-3H3. The molecular formula is C32H32ClFN8O3. The SMILES string of the molecule is C=CC(=O)N1CCN(c2nc(Oc3cccc4c3CCN(C)C4)nc3c2CCN3C(=O)c2c(Cl)c(F)cc3c2cnn3C)CC1. The lowest BCUT2D eigenvalue weighted by molar-refractivity contribution is -0.126. The van der Waals surface area contributed by atoms with E-state index in [-0.39, 0.29) is 22.5 Å². The van der Waals surface area contributed by atoms with Crippen LogP contribution in [-0.4, -0.2) is 87.7 Å². The molecule has 1 fully saturated rings. The summed E-state index contributed by atoms with van der Waals surface area (Å²) in [4.78, 5) is 43.7. The van der Waals surface area contributed by atoms with Crippen LogP contribution < -0.4 is 14.5 Å². The molecule has 3 aliphatic rings. The number of ether oxygens (including phenoxy) is 1. The van der Waals surface area contributed by atoms with Gasteiger partial charge in [0.05, 0.1) is 22.3 Å². The number of piperazine rings is 1. The number of likely N-dealkylation sites (N-methyl/N-ethyl adjacent to an activating group) is 1. The van der Waals surface area contributed by atoms with Crippen LogP contribution in [0.3, 0.4) is 0 Å². The van der Waals surface area contributed by atoms with E-state index in [0.29, 0.717) is 67.4 Å². The van der Waals surface area contributed by atoms with Crippen LogP contribution in [0, 0.1) is 5.82 Å². The minimum absolute atomic E-state index is 0.0352. The first-order valence-electron chi connectivity index (χ1n) is 14.9. The van der Waals surface area contributed by atoms with Gasteiger partial charge in [0.2, 0.25) is 5.91 Å². The highest BCUT2D eigenvalue weighted by molar-refractivity contribution is 6.36. The average molecular weight is 631 g/mol. The number of fused-ring (bicyclic) bond motifs is 3. The topological polar surface area (TPSA) is 99.9 Å². The van der Waals surface area contributed by atoms with Gasteiger partial charge in [0.15, 0.2) is 0 Å². The molecule has 0 aliphatic carbocycles. The number of carbonyl (C=O) groups is 2. The highest BCUT2D eigenvalue weighted by Gasteiger charge is 2.36. The molecular weight excluding hydrogens is 599 g/mol. The van der Waals surface area contributed by atoms with Crippen molar-refractivity contribution in [2.45, 2.75) is 19.4 Å². The molecule has 0 radical (unpaired) electrons. The maximum atomic E-state index is 15.0. The Morgan fingerprint density at radius 1 is 1.02 bits per heavy atom. The second-order valence-corrected chi connectivity index (χ2v) is 12.0. The molecule has 45 heavy (non-hydrogen) atoms. The van der Waals surface area contributed by atoms with Gasteiger partial charge in [-0.05, 0) is 37.6 Å². The second kappa shape index (κ2) is 11.4. The monoisotopic (exact) mass is 630 g/mol. The fourth-order valence-corrected chi connectivity index (χ4v) is 6.71. The van der Waals surface area contributed by atoms with Crippen molar-refractivity contribution in [1.82, 2.24) is 29.5 Å². The van der Waals surface area contributed by atoms with Crippen molar-refractivity contribution < 1.29 is 18.7 Å². The number of aromatic nitrogens is 4. The predicted octanol–water partition coefficient (Wildman–Crippen LogP) is 3.97. The molecule has 0 spiro atoms. The fourth-order valence-electron chi connectivity index (χ4n) is 6.48. The summed E-state index contributed by atoms with van der Waals surface area (Å²) < 4.78 is 22.9. The lowest BCUT2D eigenvalue weighted by Crippen LogP contribution is -2.48. The number of halogens is 2. The van der Waals surface area contributed by atoms with Crippen molar-refractivity contribution in [3.63, 3.8) is 0 Å². The van der Waals surface area contributed by atoms with Gasteiger partial charge in [-0.1, -0.05) is 30.3 Å². The van der Waals surface area contributed by atoms with E-state index in [1.807, 2.05) is 12.1 Å². The van der Waals surface area contributed by atoms with Gasteiger partial charge in [0.25, 0.3) is 5.91 Å². The molecule has 0 saturated carbocycles. The molecule has 3 aliphatic heterocycles. The second-order valence-electron chi connectivity index (χ2n) is 11.6. The number of hydrogen-bond donors (Lipinski definition) is 0. The minimum atomic E-state index is -0.700. The average Bonchev–Trinajstić information content (AvgIpc) is 3.64. The Labute approximate surface area is 264 Å². The lowest BCUT2D eigenvalue weighted by atomic mass is 9.99. The van der Waals surface area contributed by atoms with Crippen LogP contribution in [0.25, 0.3) is 10.9 Å². The summed E-state index contributed by atoms with van der Waals surface area (Å²) in [5, 5.41) is 4.42. The van der Waals surface area contributed by atoms with Crippen LogP contribution in [0.15, 0.2) is 43.1 Å². The Morgan fingerprint density at radius 2 is 1.78 bits per heavy atom. The Bertz CT molecular complexity index is 1870. The molecule has 2 amide bonds. The number of nitrogens with zero attached hydrogens (tertiary/aromatic N) is 8. The van der Waals surface area contributed by atoms with Gasteiger partial charge in [0, 0.05) is 75.4 Å². The summed E-state index contributed by atoms with van der Waals surface area (Å²) in [6.07, 6.45) is 4.15. The largest absolute Gasteiger partial charge is 0.424 e. The van der Waals surface area contributed by atoms with Gasteiger partial charge in [-0.25, -0.2) is 4.39 Å². The smallest absolute Gasteiger partial charge is 0.325 e. The van der Waals surface area contributed by atoms with Crippen LogP contribution in [0.4, 0.5) is 16.0 Å². The molecule has 2 aromatic carbocycles. The van der Waals surface area contributed by atoms with Gasteiger partial charge < -0.3 is 19.4 Å². The molecule has 0 atom stereocenters. The Kier molecular flexibility index (Phi) is 7.41. The summed E-state index contributed by atoms with van der Waals surface area (Å²) in [5.74, 6) is 0.428. The lowest BCUT2D eigenvalue weighted by Gasteiger charge is -2.35. The number of hydrogen-bond acceptors (Lipinski definition) is 8. The van der Waals surface area contributed by atoms with Crippen LogP contribution >= 0.6 is 11.6 Å². The van der Waals surface area contributed by atoms with E-state index in [9.17, 15) is 14.0 Å². The zero-order valence-corrected chi connectivity index (χ0v) is 25.8. The molecule has 0 bridgehead atoms. The number of carbonyl (C=O) groups excluding carboxylic acids is 2. The van der Waals surface area contributed by atoms with Gasteiger partial charge in [-0.3, -0.25) is 19.2 Å². The third kappa shape index (κ3) is 5.07. The molecule has 5 heterocycles. The van der Waals surface area contributed by atoms with Crippen molar-refractivity contribution in [3.05, 3.63) is 76.2 Å². The summed E-state index contributed by atoms with van der Waals surface area (Å²) in [6.45, 7) is 7.70. The van der Waals surface area contributed by atoms with E-state index in [2.05, 4.69) is 34.6 Å². The minimum Gasteiger partial charge on any atom is -0.424 e. The molecule has 13 heteroatoms. The molecule has 0 N–H and O–H groups in total. The Hall–Kier alpha value is -4.55. The van der Waals surface area contributed by atoms with Gasteiger partial charge in [0.1, 0.15) is 23.2 Å². The van der Waals surface area contributed by atoms with Crippen molar-refractivity contribution in [3.8, 4) is 11.8 Å². The molecule has 7 rings (SSSR count). The Morgan fingerprint density at radius 3 is 2.56 bits per heavy atom. The first kappa shape index (κ1) is 29.2. The van der Waals surface area contributed by atoms with Crippen LogP contribution in [0.2, 0.25) is 5.02 Å². The summed E-state index contributed by atoms with van der Waals surface area (Å²) in [5.41, 5.74) is 3.57. The number of benzene rings is 2. The highest BCUT2D eigenvalue weighted by Crippen LogP contribution is 2.40. The van der Waals surface area contributed by atoms with Crippen LogP contribution in [-0.2, 0) is 31.2 Å². The zero-order chi connectivity index (χ0) is 31.4. The molecule has 1 saturated heterocycles. The fraction of sp³-hybridized carbons (Fsp3) is 0.344. The molecule has 11 nitrogen and oxygen atoms in total. The van der Waals surface area contributed by atoms with E-state index >= 15 is 0 Å². The first-order valence-corrected chi connectivity index (χ1v) is 15.3. The molecule has 2 aromatic heterocycles. The van der Waals surface area contributed by atoms with Crippen molar-refractivity contribution in [2.24, 2.45) is 7.05 Å². The first-order chi connectivity index (χ1) is 21.7. The third-order valence-electron chi connectivity index (χ3n) is 8.87.